The van der Waals surface area contributed by atoms with Gasteiger partial charge in [-0.05, 0) is 25.5 Å². The largest absolute Gasteiger partial charge is 0.430 e. The van der Waals surface area contributed by atoms with Gasteiger partial charge in [-0.15, -0.1) is 0 Å². The molecule has 0 atom stereocenters. The number of rotatable bonds is 5. The zero-order chi connectivity index (χ0) is 11.4. The fraction of sp³-hybridized carbons (Fsp3) is 0.455. The Balaban J connectivity index is 2.02. The van der Waals surface area contributed by atoms with Gasteiger partial charge < -0.3 is 9.73 Å². The van der Waals surface area contributed by atoms with Gasteiger partial charge in [0.15, 0.2) is 0 Å². The van der Waals surface area contributed by atoms with E-state index in [0.29, 0.717) is 6.01 Å². The molecule has 16 heavy (non-hydrogen) atoms. The van der Waals surface area contributed by atoms with Crippen LogP contribution in [0.2, 0.25) is 0 Å². The summed E-state index contributed by atoms with van der Waals surface area (Å²) in [6.07, 6.45) is 6.44. The van der Waals surface area contributed by atoms with Crippen molar-refractivity contribution in [1.82, 2.24) is 20.1 Å². The van der Waals surface area contributed by atoms with Crippen LogP contribution in [0.3, 0.4) is 0 Å². The molecule has 0 saturated heterocycles. The first-order valence-corrected chi connectivity index (χ1v) is 5.46. The van der Waals surface area contributed by atoms with Crippen molar-refractivity contribution in [3.05, 3.63) is 29.9 Å². The summed E-state index contributed by atoms with van der Waals surface area (Å²) in [5.74, 6) is 0. The molecule has 0 aliphatic carbocycles. The van der Waals surface area contributed by atoms with Crippen molar-refractivity contribution in [3.8, 4) is 6.01 Å². The van der Waals surface area contributed by atoms with E-state index in [0.717, 1.165) is 30.8 Å². The van der Waals surface area contributed by atoms with Crippen LogP contribution < -0.4 is 5.32 Å². The molecule has 0 aliphatic rings. The summed E-state index contributed by atoms with van der Waals surface area (Å²) in [5.41, 5.74) is 1.99. The van der Waals surface area contributed by atoms with E-state index in [-0.39, 0.29) is 0 Å². The van der Waals surface area contributed by atoms with Crippen LogP contribution >= 0.6 is 0 Å². The molecule has 5 nitrogen and oxygen atoms in total. The van der Waals surface area contributed by atoms with E-state index in [1.165, 1.54) is 0 Å². The SMILES string of the molecule is CCCNCc1coc(-n2cc(C)cn2)n1. The molecule has 0 aliphatic heterocycles. The Morgan fingerprint density at radius 1 is 1.50 bits per heavy atom. The van der Waals surface area contributed by atoms with Gasteiger partial charge in [-0.3, -0.25) is 0 Å². The summed E-state index contributed by atoms with van der Waals surface area (Å²) >= 11 is 0. The number of nitrogens with zero attached hydrogens (tertiary/aromatic N) is 3. The maximum Gasteiger partial charge on any atom is 0.322 e. The third kappa shape index (κ3) is 2.49. The van der Waals surface area contributed by atoms with Crippen molar-refractivity contribution < 1.29 is 4.42 Å². The Hall–Kier alpha value is -1.62. The van der Waals surface area contributed by atoms with Gasteiger partial charge in [0.1, 0.15) is 6.26 Å². The average Bonchev–Trinajstić information content (AvgIpc) is 2.87. The molecule has 86 valence electrons. The van der Waals surface area contributed by atoms with E-state index in [4.69, 9.17) is 4.42 Å². The quantitative estimate of drug-likeness (QED) is 0.779. The van der Waals surface area contributed by atoms with Crippen molar-refractivity contribution in [3.63, 3.8) is 0 Å². The minimum atomic E-state index is 0.515. The van der Waals surface area contributed by atoms with E-state index >= 15 is 0 Å². The van der Waals surface area contributed by atoms with Gasteiger partial charge in [0.05, 0.1) is 11.9 Å². The van der Waals surface area contributed by atoms with Gasteiger partial charge in [0.25, 0.3) is 0 Å². The maximum absolute atomic E-state index is 5.34. The lowest BCUT2D eigenvalue weighted by Gasteiger charge is -1.97. The van der Waals surface area contributed by atoms with Gasteiger partial charge in [0, 0.05) is 12.7 Å². The lowest BCUT2D eigenvalue weighted by Crippen LogP contribution is -2.14. The Kier molecular flexibility index (Phi) is 3.36. The number of oxazole rings is 1. The van der Waals surface area contributed by atoms with Crippen LogP contribution in [-0.2, 0) is 6.54 Å². The van der Waals surface area contributed by atoms with Crippen LogP contribution in [0, 0.1) is 6.92 Å². The monoisotopic (exact) mass is 220 g/mol. The third-order valence-electron chi connectivity index (χ3n) is 2.18. The molecule has 0 spiro atoms. The highest BCUT2D eigenvalue weighted by Gasteiger charge is 2.06. The van der Waals surface area contributed by atoms with Crippen LogP contribution in [0.4, 0.5) is 0 Å². The molecule has 0 bridgehead atoms. The first-order valence-electron chi connectivity index (χ1n) is 5.46. The summed E-state index contributed by atoms with van der Waals surface area (Å²) in [4.78, 5) is 4.34. The molecule has 0 unspecified atom stereocenters. The molecule has 0 aromatic carbocycles. The predicted octanol–water partition coefficient (Wildman–Crippen LogP) is 1.67. The number of nitrogens with one attached hydrogen (secondary N) is 1. The molecule has 0 radical (unpaired) electrons. The Morgan fingerprint density at radius 2 is 2.38 bits per heavy atom. The molecule has 0 saturated carbocycles. The second-order valence-electron chi connectivity index (χ2n) is 3.76. The lowest BCUT2D eigenvalue weighted by molar-refractivity contribution is 0.509. The van der Waals surface area contributed by atoms with Crippen LogP contribution in [-0.4, -0.2) is 21.3 Å². The number of hydrogen-bond acceptors (Lipinski definition) is 4. The van der Waals surface area contributed by atoms with Gasteiger partial charge in [-0.25, -0.2) is 0 Å². The first-order chi connectivity index (χ1) is 7.79. The predicted molar refractivity (Wildman–Crippen MR) is 60.4 cm³/mol. The lowest BCUT2D eigenvalue weighted by atomic mass is 10.4. The second kappa shape index (κ2) is 4.94. The highest BCUT2D eigenvalue weighted by atomic mass is 16.4. The van der Waals surface area contributed by atoms with Crippen LogP contribution in [0.25, 0.3) is 6.01 Å². The van der Waals surface area contributed by atoms with Crippen LogP contribution in [0.15, 0.2) is 23.1 Å². The summed E-state index contributed by atoms with van der Waals surface area (Å²) in [6.45, 7) is 5.84. The molecule has 5 heteroatoms. The van der Waals surface area contributed by atoms with E-state index in [2.05, 4.69) is 22.3 Å². The molecule has 2 aromatic heterocycles. The molecule has 2 heterocycles. The second-order valence-corrected chi connectivity index (χ2v) is 3.76. The van der Waals surface area contributed by atoms with E-state index in [1.807, 2.05) is 13.1 Å². The minimum Gasteiger partial charge on any atom is -0.430 e. The Labute approximate surface area is 94.5 Å². The molecular formula is C11H16N4O. The fourth-order valence-corrected chi connectivity index (χ4v) is 1.39. The molecule has 1 N–H and O–H groups in total. The zero-order valence-corrected chi connectivity index (χ0v) is 9.60. The molecule has 2 aromatic rings. The zero-order valence-electron chi connectivity index (χ0n) is 9.60. The highest BCUT2D eigenvalue weighted by molar-refractivity contribution is 5.12. The van der Waals surface area contributed by atoms with Crippen molar-refractivity contribution in [2.24, 2.45) is 0 Å². The molecule has 2 rings (SSSR count). The smallest absolute Gasteiger partial charge is 0.322 e. The van der Waals surface area contributed by atoms with Crippen molar-refractivity contribution in [2.45, 2.75) is 26.8 Å². The number of aromatic nitrogens is 3. The third-order valence-corrected chi connectivity index (χ3v) is 2.18. The minimum absolute atomic E-state index is 0.515. The molecule has 0 amide bonds. The van der Waals surface area contributed by atoms with Crippen molar-refractivity contribution >= 4 is 0 Å². The van der Waals surface area contributed by atoms with Gasteiger partial charge in [-0.2, -0.15) is 14.8 Å². The topological polar surface area (TPSA) is 55.9 Å². The maximum atomic E-state index is 5.34. The first kappa shape index (κ1) is 10.9. The Bertz CT molecular complexity index is 446. The summed E-state index contributed by atoms with van der Waals surface area (Å²) in [5, 5.41) is 7.40. The van der Waals surface area contributed by atoms with Crippen LogP contribution in [0.1, 0.15) is 24.6 Å². The summed E-state index contributed by atoms with van der Waals surface area (Å²) < 4.78 is 6.98. The summed E-state index contributed by atoms with van der Waals surface area (Å²) in [7, 11) is 0. The number of hydrogen-bond donors (Lipinski definition) is 1. The van der Waals surface area contributed by atoms with Crippen molar-refractivity contribution in [1.29, 1.82) is 0 Å². The van der Waals surface area contributed by atoms with E-state index < -0.39 is 0 Å². The average molecular weight is 220 g/mol. The fourth-order valence-electron chi connectivity index (χ4n) is 1.39. The number of aryl methyl sites for hydroxylation is 1. The van der Waals surface area contributed by atoms with Crippen LogP contribution in [0.5, 0.6) is 0 Å². The van der Waals surface area contributed by atoms with Crippen molar-refractivity contribution in [2.75, 3.05) is 6.54 Å². The van der Waals surface area contributed by atoms with Gasteiger partial charge in [-0.1, -0.05) is 6.92 Å². The molecular weight excluding hydrogens is 204 g/mol. The highest BCUT2D eigenvalue weighted by Crippen LogP contribution is 2.07. The van der Waals surface area contributed by atoms with Gasteiger partial charge in [0.2, 0.25) is 0 Å². The summed E-state index contributed by atoms with van der Waals surface area (Å²) in [6, 6.07) is 0.515. The van der Waals surface area contributed by atoms with Gasteiger partial charge >= 0.3 is 6.01 Å². The molecule has 0 fully saturated rings. The van der Waals surface area contributed by atoms with E-state index in [9.17, 15) is 0 Å². The Morgan fingerprint density at radius 3 is 3.06 bits per heavy atom. The van der Waals surface area contributed by atoms with E-state index in [1.54, 1.807) is 17.1 Å². The standard InChI is InChI=1S/C11H16N4O/c1-3-4-12-6-10-8-16-11(14-10)15-7-9(2)5-13-15/h5,7-8,12H,3-4,6H2,1-2H3. The normalized spacial score (nSPS) is 10.9.